The van der Waals surface area contributed by atoms with Crippen LogP contribution in [0.15, 0.2) is 53.1 Å². The van der Waals surface area contributed by atoms with Crippen LogP contribution in [0.25, 0.3) is 0 Å². The predicted octanol–water partition coefficient (Wildman–Crippen LogP) is 5.55. The summed E-state index contributed by atoms with van der Waals surface area (Å²) in [5, 5.41) is 16.1. The second-order valence-electron chi connectivity index (χ2n) is 7.85. The Bertz CT molecular complexity index is 1080. The van der Waals surface area contributed by atoms with Crippen LogP contribution in [-0.2, 0) is 0 Å². The predicted molar refractivity (Wildman–Crippen MR) is 129 cm³/mol. The molecule has 2 N–H and O–H groups in total. The molecular formula is C24H25BrN6. The molecule has 1 aromatic heterocycles. The molecule has 0 radical (unpaired) electrons. The quantitative estimate of drug-likeness (QED) is 0.502. The third kappa shape index (κ3) is 4.97. The first-order chi connectivity index (χ1) is 15.0. The van der Waals surface area contributed by atoms with Crippen molar-refractivity contribution in [3.05, 3.63) is 69.8 Å². The van der Waals surface area contributed by atoms with Gasteiger partial charge in [-0.15, -0.1) is 0 Å². The monoisotopic (exact) mass is 476 g/mol. The molecule has 2 heterocycles. The molecule has 2 aromatic carbocycles. The van der Waals surface area contributed by atoms with Gasteiger partial charge in [0.05, 0.1) is 16.1 Å². The van der Waals surface area contributed by atoms with E-state index in [0.29, 0.717) is 23.4 Å². The molecule has 4 rings (SSSR count). The number of nitrogens with one attached hydrogen (secondary N) is 2. The van der Waals surface area contributed by atoms with Gasteiger partial charge in [-0.1, -0.05) is 18.2 Å². The highest BCUT2D eigenvalue weighted by Gasteiger charge is 2.20. The normalized spacial score (nSPS) is 14.2. The van der Waals surface area contributed by atoms with E-state index in [1.807, 2.05) is 26.0 Å². The number of piperidine rings is 1. The fourth-order valence-corrected chi connectivity index (χ4v) is 4.26. The van der Waals surface area contributed by atoms with E-state index in [0.717, 1.165) is 47.2 Å². The smallest absolute Gasteiger partial charge is 0.224 e. The van der Waals surface area contributed by atoms with Gasteiger partial charge in [0.25, 0.3) is 0 Å². The lowest BCUT2D eigenvalue weighted by Crippen LogP contribution is -2.39. The molecule has 0 amide bonds. The van der Waals surface area contributed by atoms with E-state index in [1.54, 1.807) is 6.20 Å². The molecule has 6 nitrogen and oxygen atoms in total. The maximum atomic E-state index is 9.17. The second-order valence-corrected chi connectivity index (χ2v) is 8.71. The van der Waals surface area contributed by atoms with E-state index >= 15 is 0 Å². The van der Waals surface area contributed by atoms with E-state index in [1.165, 1.54) is 5.69 Å². The molecule has 31 heavy (non-hydrogen) atoms. The summed E-state index contributed by atoms with van der Waals surface area (Å²) in [6, 6.07) is 16.8. The van der Waals surface area contributed by atoms with E-state index in [4.69, 9.17) is 4.98 Å². The van der Waals surface area contributed by atoms with Crippen LogP contribution in [0.2, 0.25) is 0 Å². The third-order valence-electron chi connectivity index (χ3n) is 5.60. The van der Waals surface area contributed by atoms with Crippen LogP contribution in [0.5, 0.6) is 0 Å². The summed E-state index contributed by atoms with van der Waals surface area (Å²) in [6.45, 7) is 6.00. The lowest BCUT2D eigenvalue weighted by Gasteiger charge is -2.34. The van der Waals surface area contributed by atoms with Crippen molar-refractivity contribution in [2.75, 3.05) is 28.6 Å². The van der Waals surface area contributed by atoms with Crippen LogP contribution in [0.4, 0.5) is 23.1 Å². The standard InChI is InChI=1S/C24H25BrN6/c1-16-12-18(14-26)13-17(2)22(16)29-23-21(25)15-27-24(30-23)28-19-8-10-31(11-9-19)20-6-4-3-5-7-20/h3-7,12-13,15,19H,8-11H2,1-2H3,(H2,27,28,29,30). The molecule has 158 valence electrons. The SMILES string of the molecule is Cc1cc(C#N)cc(C)c1Nc1nc(NC2CCN(c3ccccc3)CC2)ncc1Br. The highest BCUT2D eigenvalue weighted by Crippen LogP contribution is 2.30. The Morgan fingerprint density at radius 3 is 2.42 bits per heavy atom. The summed E-state index contributed by atoms with van der Waals surface area (Å²) < 4.78 is 0.792. The number of nitrogens with zero attached hydrogens (tertiary/aromatic N) is 4. The molecule has 3 aromatic rings. The van der Waals surface area contributed by atoms with Gasteiger partial charge in [0, 0.05) is 36.7 Å². The van der Waals surface area contributed by atoms with E-state index in [-0.39, 0.29) is 0 Å². The Labute approximate surface area is 191 Å². The lowest BCUT2D eigenvalue weighted by atomic mass is 10.0. The van der Waals surface area contributed by atoms with Crippen LogP contribution in [0, 0.1) is 25.2 Å². The van der Waals surface area contributed by atoms with Crippen molar-refractivity contribution in [2.45, 2.75) is 32.7 Å². The minimum atomic E-state index is 0.340. The topological polar surface area (TPSA) is 76.9 Å². The summed E-state index contributed by atoms with van der Waals surface area (Å²) in [5.74, 6) is 1.32. The highest BCUT2D eigenvalue weighted by molar-refractivity contribution is 9.10. The van der Waals surface area contributed by atoms with Crippen molar-refractivity contribution in [1.29, 1.82) is 5.26 Å². The van der Waals surface area contributed by atoms with Crippen LogP contribution in [-0.4, -0.2) is 29.1 Å². The number of benzene rings is 2. The van der Waals surface area contributed by atoms with Crippen molar-refractivity contribution < 1.29 is 0 Å². The van der Waals surface area contributed by atoms with Crippen molar-refractivity contribution in [1.82, 2.24) is 9.97 Å². The van der Waals surface area contributed by atoms with Gasteiger partial charge in [-0.05, 0) is 78.0 Å². The van der Waals surface area contributed by atoms with Gasteiger partial charge in [-0.2, -0.15) is 10.2 Å². The summed E-state index contributed by atoms with van der Waals surface area (Å²) in [7, 11) is 0. The van der Waals surface area contributed by atoms with Gasteiger partial charge in [0.1, 0.15) is 5.82 Å². The molecule has 1 fully saturated rings. The Balaban J connectivity index is 1.44. The second kappa shape index (κ2) is 9.36. The number of hydrogen-bond donors (Lipinski definition) is 2. The number of anilines is 4. The van der Waals surface area contributed by atoms with Crippen molar-refractivity contribution >= 4 is 39.1 Å². The Morgan fingerprint density at radius 2 is 1.77 bits per heavy atom. The first kappa shape index (κ1) is 21.1. The molecule has 0 spiro atoms. The van der Waals surface area contributed by atoms with E-state index in [9.17, 15) is 5.26 Å². The molecule has 0 bridgehead atoms. The maximum Gasteiger partial charge on any atom is 0.224 e. The maximum absolute atomic E-state index is 9.17. The number of rotatable bonds is 5. The molecule has 1 saturated heterocycles. The fraction of sp³-hybridized carbons (Fsp3) is 0.292. The molecule has 0 aliphatic carbocycles. The summed E-state index contributed by atoms with van der Waals surface area (Å²) in [5.41, 5.74) is 4.90. The molecule has 1 aliphatic rings. The number of aromatic nitrogens is 2. The lowest BCUT2D eigenvalue weighted by molar-refractivity contribution is 0.524. The Hall–Kier alpha value is -3.11. The van der Waals surface area contributed by atoms with Gasteiger partial charge in [-0.25, -0.2) is 4.98 Å². The average Bonchev–Trinajstić information content (AvgIpc) is 2.79. The molecular weight excluding hydrogens is 452 g/mol. The third-order valence-corrected chi connectivity index (χ3v) is 6.18. The van der Waals surface area contributed by atoms with Gasteiger partial charge < -0.3 is 15.5 Å². The first-order valence-corrected chi connectivity index (χ1v) is 11.2. The fourth-order valence-electron chi connectivity index (χ4n) is 3.97. The largest absolute Gasteiger partial charge is 0.371 e. The zero-order chi connectivity index (χ0) is 21.8. The summed E-state index contributed by atoms with van der Waals surface area (Å²) >= 11 is 3.55. The summed E-state index contributed by atoms with van der Waals surface area (Å²) in [6.07, 6.45) is 3.83. The minimum absolute atomic E-state index is 0.340. The van der Waals surface area contributed by atoms with Crippen molar-refractivity contribution in [2.24, 2.45) is 0 Å². The Kier molecular flexibility index (Phi) is 6.38. The number of hydrogen-bond acceptors (Lipinski definition) is 6. The minimum Gasteiger partial charge on any atom is -0.371 e. The number of para-hydroxylation sites is 1. The van der Waals surface area contributed by atoms with Crippen LogP contribution in [0.3, 0.4) is 0 Å². The number of nitriles is 1. The van der Waals surface area contributed by atoms with E-state index in [2.05, 4.69) is 72.8 Å². The molecule has 1 aliphatic heterocycles. The molecule has 0 unspecified atom stereocenters. The van der Waals surface area contributed by atoms with Crippen molar-refractivity contribution in [3.63, 3.8) is 0 Å². The highest BCUT2D eigenvalue weighted by atomic mass is 79.9. The van der Waals surface area contributed by atoms with Gasteiger partial charge in [-0.3, -0.25) is 0 Å². The molecule has 0 saturated carbocycles. The number of aryl methyl sites for hydroxylation is 2. The zero-order valence-corrected chi connectivity index (χ0v) is 19.3. The Morgan fingerprint density at radius 1 is 1.10 bits per heavy atom. The summed E-state index contributed by atoms with van der Waals surface area (Å²) in [4.78, 5) is 11.6. The van der Waals surface area contributed by atoms with Gasteiger partial charge in [0.2, 0.25) is 5.95 Å². The van der Waals surface area contributed by atoms with E-state index < -0.39 is 0 Å². The number of halogens is 1. The van der Waals surface area contributed by atoms with Gasteiger partial charge >= 0.3 is 0 Å². The molecule has 0 atom stereocenters. The zero-order valence-electron chi connectivity index (χ0n) is 17.7. The van der Waals surface area contributed by atoms with Crippen LogP contribution >= 0.6 is 15.9 Å². The molecule has 7 heteroatoms. The van der Waals surface area contributed by atoms with Gasteiger partial charge in [0.15, 0.2) is 0 Å². The van der Waals surface area contributed by atoms with Crippen molar-refractivity contribution in [3.8, 4) is 6.07 Å². The van der Waals surface area contributed by atoms with Crippen LogP contribution in [0.1, 0.15) is 29.5 Å². The van der Waals surface area contributed by atoms with Crippen LogP contribution < -0.4 is 15.5 Å². The first-order valence-electron chi connectivity index (χ1n) is 10.4. The average molecular weight is 477 g/mol.